The molecule has 4 heteroatoms. The molecule has 0 bridgehead atoms. The molecule has 2 N–H and O–H groups in total. The van der Waals surface area contributed by atoms with Gasteiger partial charge in [-0.1, -0.05) is 6.07 Å². The molecule has 0 aliphatic rings. The van der Waals surface area contributed by atoms with E-state index >= 15 is 0 Å². The van der Waals surface area contributed by atoms with Gasteiger partial charge < -0.3 is 5.32 Å². The molecule has 0 aromatic carbocycles. The number of nitrogens with one attached hydrogen (secondary N) is 2. The molecule has 0 saturated carbocycles. The smallest absolute Gasteiger partial charge is 0.0541 e. The SMILES string of the molecule is CC(NCc1ccccn1)c1ccn[nH]1. The Bertz CT molecular complexity index is 382. The van der Waals surface area contributed by atoms with Crippen LogP contribution in [0.1, 0.15) is 24.4 Å². The van der Waals surface area contributed by atoms with Crippen LogP contribution in [0, 0.1) is 0 Å². The highest BCUT2D eigenvalue weighted by atomic mass is 15.1. The van der Waals surface area contributed by atoms with E-state index in [9.17, 15) is 0 Å². The predicted molar refractivity (Wildman–Crippen MR) is 58.1 cm³/mol. The molecule has 2 aromatic heterocycles. The molecule has 0 spiro atoms. The van der Waals surface area contributed by atoms with E-state index < -0.39 is 0 Å². The maximum absolute atomic E-state index is 4.24. The van der Waals surface area contributed by atoms with E-state index in [-0.39, 0.29) is 6.04 Å². The maximum Gasteiger partial charge on any atom is 0.0541 e. The topological polar surface area (TPSA) is 53.6 Å². The largest absolute Gasteiger partial charge is 0.303 e. The van der Waals surface area contributed by atoms with Crippen LogP contribution >= 0.6 is 0 Å². The molecule has 4 nitrogen and oxygen atoms in total. The number of hydrogen-bond acceptors (Lipinski definition) is 3. The van der Waals surface area contributed by atoms with Crippen molar-refractivity contribution in [2.75, 3.05) is 0 Å². The van der Waals surface area contributed by atoms with E-state index in [2.05, 4.69) is 27.4 Å². The number of aromatic nitrogens is 3. The second kappa shape index (κ2) is 4.70. The van der Waals surface area contributed by atoms with Crippen molar-refractivity contribution in [3.63, 3.8) is 0 Å². The van der Waals surface area contributed by atoms with E-state index in [4.69, 9.17) is 0 Å². The molecular formula is C11H14N4. The van der Waals surface area contributed by atoms with Gasteiger partial charge in [0.25, 0.3) is 0 Å². The molecule has 0 radical (unpaired) electrons. The fraction of sp³-hybridized carbons (Fsp3) is 0.273. The highest BCUT2D eigenvalue weighted by Gasteiger charge is 2.05. The summed E-state index contributed by atoms with van der Waals surface area (Å²) >= 11 is 0. The number of aromatic amines is 1. The Hall–Kier alpha value is -1.68. The predicted octanol–water partition coefficient (Wildman–Crippen LogP) is 1.66. The lowest BCUT2D eigenvalue weighted by molar-refractivity contribution is 0.554. The summed E-state index contributed by atoms with van der Waals surface area (Å²) in [6.07, 6.45) is 3.56. The lowest BCUT2D eigenvalue weighted by atomic mass is 10.2. The van der Waals surface area contributed by atoms with Gasteiger partial charge in [-0.05, 0) is 25.1 Å². The van der Waals surface area contributed by atoms with Gasteiger partial charge in [0.15, 0.2) is 0 Å². The van der Waals surface area contributed by atoms with Crippen molar-refractivity contribution in [2.45, 2.75) is 19.5 Å². The van der Waals surface area contributed by atoms with Gasteiger partial charge >= 0.3 is 0 Å². The average Bonchev–Trinajstić information content (AvgIpc) is 2.81. The van der Waals surface area contributed by atoms with Gasteiger partial charge in [-0.25, -0.2) is 0 Å². The maximum atomic E-state index is 4.24. The Balaban J connectivity index is 1.89. The van der Waals surface area contributed by atoms with Crippen molar-refractivity contribution < 1.29 is 0 Å². The summed E-state index contributed by atoms with van der Waals surface area (Å²) in [6.45, 7) is 2.86. The minimum Gasteiger partial charge on any atom is -0.303 e. The van der Waals surface area contributed by atoms with Crippen molar-refractivity contribution >= 4 is 0 Å². The highest BCUT2D eigenvalue weighted by molar-refractivity contribution is 5.06. The van der Waals surface area contributed by atoms with E-state index in [0.29, 0.717) is 0 Å². The first-order valence-corrected chi connectivity index (χ1v) is 4.99. The van der Waals surface area contributed by atoms with Crippen LogP contribution in [0.4, 0.5) is 0 Å². The first-order chi connectivity index (χ1) is 7.36. The number of H-pyrrole nitrogens is 1. The van der Waals surface area contributed by atoms with Gasteiger partial charge in [0.1, 0.15) is 0 Å². The summed E-state index contributed by atoms with van der Waals surface area (Å²) in [5, 5.41) is 10.2. The summed E-state index contributed by atoms with van der Waals surface area (Å²) < 4.78 is 0. The molecule has 0 amide bonds. The van der Waals surface area contributed by atoms with Crippen molar-refractivity contribution in [3.8, 4) is 0 Å². The van der Waals surface area contributed by atoms with Crippen LogP contribution in [0.5, 0.6) is 0 Å². The Labute approximate surface area is 88.8 Å². The van der Waals surface area contributed by atoms with Crippen LogP contribution in [-0.4, -0.2) is 15.2 Å². The van der Waals surface area contributed by atoms with Crippen molar-refractivity contribution in [1.82, 2.24) is 20.5 Å². The van der Waals surface area contributed by atoms with Gasteiger partial charge in [-0.15, -0.1) is 0 Å². The van der Waals surface area contributed by atoms with Crippen molar-refractivity contribution in [3.05, 3.63) is 48.0 Å². The number of nitrogens with zero attached hydrogens (tertiary/aromatic N) is 2. The van der Waals surface area contributed by atoms with Crippen LogP contribution < -0.4 is 5.32 Å². The minimum atomic E-state index is 0.259. The third-order valence-electron chi connectivity index (χ3n) is 2.30. The van der Waals surface area contributed by atoms with Gasteiger partial charge in [0.05, 0.1) is 11.4 Å². The Morgan fingerprint density at radius 1 is 1.33 bits per heavy atom. The fourth-order valence-corrected chi connectivity index (χ4v) is 1.38. The molecule has 0 fully saturated rings. The molecule has 15 heavy (non-hydrogen) atoms. The average molecular weight is 202 g/mol. The molecular weight excluding hydrogens is 188 g/mol. The summed E-state index contributed by atoms with van der Waals surface area (Å²) in [4.78, 5) is 4.24. The zero-order chi connectivity index (χ0) is 10.5. The van der Waals surface area contributed by atoms with E-state index in [1.807, 2.05) is 24.3 Å². The quantitative estimate of drug-likeness (QED) is 0.792. The second-order valence-corrected chi connectivity index (χ2v) is 3.44. The summed E-state index contributed by atoms with van der Waals surface area (Å²) in [7, 11) is 0. The van der Waals surface area contributed by atoms with Gasteiger partial charge in [0.2, 0.25) is 0 Å². The van der Waals surface area contributed by atoms with E-state index in [0.717, 1.165) is 17.9 Å². The Morgan fingerprint density at radius 3 is 2.93 bits per heavy atom. The highest BCUT2D eigenvalue weighted by Crippen LogP contribution is 2.07. The summed E-state index contributed by atoms with van der Waals surface area (Å²) in [5.74, 6) is 0. The summed E-state index contributed by atoms with van der Waals surface area (Å²) in [5.41, 5.74) is 2.13. The normalized spacial score (nSPS) is 12.6. The second-order valence-electron chi connectivity index (χ2n) is 3.44. The number of pyridine rings is 1. The number of rotatable bonds is 4. The third kappa shape index (κ3) is 2.63. The monoisotopic (exact) mass is 202 g/mol. The molecule has 78 valence electrons. The Morgan fingerprint density at radius 2 is 2.27 bits per heavy atom. The van der Waals surface area contributed by atoms with E-state index in [1.165, 1.54) is 0 Å². The molecule has 0 aliphatic heterocycles. The van der Waals surface area contributed by atoms with Crippen LogP contribution in [0.25, 0.3) is 0 Å². The van der Waals surface area contributed by atoms with Crippen LogP contribution in [0.15, 0.2) is 36.7 Å². The third-order valence-corrected chi connectivity index (χ3v) is 2.30. The molecule has 1 unspecified atom stereocenters. The molecule has 2 rings (SSSR count). The first-order valence-electron chi connectivity index (χ1n) is 4.99. The van der Waals surface area contributed by atoms with Crippen LogP contribution in [0.3, 0.4) is 0 Å². The molecule has 1 atom stereocenters. The molecule has 0 aliphatic carbocycles. The lowest BCUT2D eigenvalue weighted by Crippen LogP contribution is -2.18. The molecule has 2 aromatic rings. The summed E-state index contributed by atoms with van der Waals surface area (Å²) in [6, 6.07) is 8.14. The minimum absolute atomic E-state index is 0.259. The van der Waals surface area contributed by atoms with Crippen molar-refractivity contribution in [1.29, 1.82) is 0 Å². The zero-order valence-corrected chi connectivity index (χ0v) is 8.64. The molecule has 2 heterocycles. The first kappa shape index (κ1) is 9.86. The van der Waals surface area contributed by atoms with Gasteiger partial charge in [-0.3, -0.25) is 10.1 Å². The van der Waals surface area contributed by atoms with E-state index in [1.54, 1.807) is 12.4 Å². The lowest BCUT2D eigenvalue weighted by Gasteiger charge is -2.10. The zero-order valence-electron chi connectivity index (χ0n) is 8.64. The van der Waals surface area contributed by atoms with Gasteiger partial charge in [0, 0.05) is 25.0 Å². The van der Waals surface area contributed by atoms with Crippen LogP contribution in [0.2, 0.25) is 0 Å². The standard InChI is InChI=1S/C11H14N4/c1-9(11-5-7-14-15-11)13-8-10-4-2-3-6-12-10/h2-7,9,13H,8H2,1H3,(H,14,15). The Kier molecular flexibility index (Phi) is 3.09. The van der Waals surface area contributed by atoms with Crippen LogP contribution in [-0.2, 0) is 6.54 Å². The fourth-order valence-electron chi connectivity index (χ4n) is 1.38. The number of hydrogen-bond donors (Lipinski definition) is 2. The van der Waals surface area contributed by atoms with Crippen molar-refractivity contribution in [2.24, 2.45) is 0 Å². The van der Waals surface area contributed by atoms with Gasteiger partial charge in [-0.2, -0.15) is 5.10 Å². The molecule has 0 saturated heterocycles.